The lowest BCUT2D eigenvalue weighted by molar-refractivity contribution is -0.143. The van der Waals surface area contributed by atoms with E-state index in [4.69, 9.17) is 0 Å². The molecule has 3 aromatic carbocycles. The van der Waals surface area contributed by atoms with Crippen LogP contribution in [-0.2, 0) is 4.79 Å². The van der Waals surface area contributed by atoms with Crippen molar-refractivity contribution < 1.29 is 14.7 Å². The number of hydrogen-bond acceptors (Lipinski definition) is 4. The van der Waals surface area contributed by atoms with Gasteiger partial charge in [0.25, 0.3) is 0 Å². The number of carboxylic acid groups (broad SMARTS) is 1. The number of anilines is 1. The third-order valence-corrected chi connectivity index (χ3v) is 8.27. The number of rotatable bonds is 8. The summed E-state index contributed by atoms with van der Waals surface area (Å²) < 4.78 is 1.03. The second kappa shape index (κ2) is 11.6. The van der Waals surface area contributed by atoms with Crippen LogP contribution in [0.4, 0.5) is 9.93 Å². The van der Waals surface area contributed by atoms with Gasteiger partial charge in [-0.15, -0.1) is 0 Å². The Labute approximate surface area is 221 Å². The summed E-state index contributed by atoms with van der Waals surface area (Å²) in [6.07, 6.45) is 3.31. The van der Waals surface area contributed by atoms with Crippen molar-refractivity contribution in [1.82, 2.24) is 9.88 Å². The SMILES string of the molecule is O=C(Nc1nc2ccccc2s1)N(CCC(c1ccccc1)c1ccccc1)[C@H]1CC[C@H](C(=O)O)CC1. The molecule has 0 saturated heterocycles. The minimum absolute atomic E-state index is 0.00262. The van der Waals surface area contributed by atoms with Crippen LogP contribution in [0.5, 0.6) is 0 Å². The molecule has 6 nitrogen and oxygen atoms in total. The van der Waals surface area contributed by atoms with Crippen LogP contribution in [0.25, 0.3) is 10.2 Å². The van der Waals surface area contributed by atoms with E-state index in [2.05, 4.69) is 58.8 Å². The first-order valence-electron chi connectivity index (χ1n) is 12.8. The highest BCUT2D eigenvalue weighted by Gasteiger charge is 2.32. The van der Waals surface area contributed by atoms with Gasteiger partial charge >= 0.3 is 12.0 Å². The molecule has 4 aromatic rings. The topological polar surface area (TPSA) is 82.5 Å². The van der Waals surface area contributed by atoms with Crippen LogP contribution < -0.4 is 5.32 Å². The Bertz CT molecular complexity index is 1260. The summed E-state index contributed by atoms with van der Waals surface area (Å²) in [4.78, 5) is 31.7. The Kier molecular flexibility index (Phi) is 7.80. The molecule has 190 valence electrons. The van der Waals surface area contributed by atoms with E-state index in [0.29, 0.717) is 37.4 Å². The number of aromatic nitrogens is 1. The molecular weight excluding hydrogens is 482 g/mol. The van der Waals surface area contributed by atoms with Gasteiger partial charge in [-0.25, -0.2) is 9.78 Å². The molecule has 1 heterocycles. The van der Waals surface area contributed by atoms with Crippen molar-refractivity contribution in [3.8, 4) is 0 Å². The predicted octanol–water partition coefficient (Wildman–Crippen LogP) is 7.00. The van der Waals surface area contributed by atoms with Crippen molar-refractivity contribution in [3.05, 3.63) is 96.1 Å². The minimum Gasteiger partial charge on any atom is -0.481 e. The molecule has 37 heavy (non-hydrogen) atoms. The van der Waals surface area contributed by atoms with Gasteiger partial charge < -0.3 is 10.0 Å². The molecule has 0 spiro atoms. The predicted molar refractivity (Wildman–Crippen MR) is 148 cm³/mol. The number of carbonyl (C=O) groups is 2. The number of benzene rings is 3. The average molecular weight is 514 g/mol. The van der Waals surface area contributed by atoms with Crippen LogP contribution in [0.3, 0.4) is 0 Å². The maximum atomic E-state index is 13.7. The summed E-state index contributed by atoms with van der Waals surface area (Å²) in [7, 11) is 0. The van der Waals surface area contributed by atoms with Crippen molar-refractivity contribution in [2.45, 2.75) is 44.1 Å². The Balaban J connectivity index is 1.37. The van der Waals surface area contributed by atoms with Crippen LogP contribution in [-0.4, -0.2) is 39.6 Å². The van der Waals surface area contributed by atoms with Crippen molar-refractivity contribution in [2.75, 3.05) is 11.9 Å². The van der Waals surface area contributed by atoms with Gasteiger partial charge in [-0.1, -0.05) is 84.1 Å². The second-order valence-electron chi connectivity index (χ2n) is 9.62. The largest absolute Gasteiger partial charge is 0.481 e. The van der Waals surface area contributed by atoms with Crippen LogP contribution in [0.1, 0.15) is 49.1 Å². The number of nitrogens with one attached hydrogen (secondary N) is 1. The molecule has 0 unspecified atom stereocenters. The van der Waals surface area contributed by atoms with Crippen molar-refractivity contribution >= 4 is 38.7 Å². The van der Waals surface area contributed by atoms with E-state index in [-0.39, 0.29) is 23.9 Å². The number of nitrogens with zero attached hydrogens (tertiary/aromatic N) is 2. The normalized spacial score (nSPS) is 17.5. The van der Waals surface area contributed by atoms with E-state index < -0.39 is 5.97 Å². The Morgan fingerprint density at radius 3 is 2.08 bits per heavy atom. The Morgan fingerprint density at radius 1 is 0.892 bits per heavy atom. The fourth-order valence-corrected chi connectivity index (χ4v) is 6.19. The fourth-order valence-electron chi connectivity index (χ4n) is 5.34. The fraction of sp³-hybridized carbons (Fsp3) is 0.300. The molecule has 2 N–H and O–H groups in total. The smallest absolute Gasteiger partial charge is 0.323 e. The highest BCUT2D eigenvalue weighted by molar-refractivity contribution is 7.22. The van der Waals surface area contributed by atoms with Crippen molar-refractivity contribution in [3.63, 3.8) is 0 Å². The van der Waals surface area contributed by atoms with E-state index in [1.54, 1.807) is 0 Å². The molecule has 1 aliphatic carbocycles. The van der Waals surface area contributed by atoms with Crippen LogP contribution in [0.2, 0.25) is 0 Å². The second-order valence-corrected chi connectivity index (χ2v) is 10.6. The number of hydrogen-bond donors (Lipinski definition) is 2. The summed E-state index contributed by atoms with van der Waals surface area (Å²) in [5.74, 6) is -0.917. The Hall–Kier alpha value is -3.71. The van der Waals surface area contributed by atoms with Gasteiger partial charge in [0.1, 0.15) is 0 Å². The van der Waals surface area contributed by atoms with Crippen LogP contribution in [0, 0.1) is 5.92 Å². The van der Waals surface area contributed by atoms with E-state index >= 15 is 0 Å². The number of amides is 2. The van der Waals surface area contributed by atoms with Crippen molar-refractivity contribution in [1.29, 1.82) is 0 Å². The summed E-state index contributed by atoms with van der Waals surface area (Å²) in [6.45, 7) is 0.563. The molecule has 1 aromatic heterocycles. The molecule has 0 atom stereocenters. The average Bonchev–Trinajstić information content (AvgIpc) is 3.34. The lowest BCUT2D eigenvalue weighted by Gasteiger charge is -2.36. The maximum Gasteiger partial charge on any atom is 0.323 e. The Morgan fingerprint density at radius 2 is 1.49 bits per heavy atom. The molecular formula is C30H31N3O3S. The van der Waals surface area contributed by atoms with Gasteiger partial charge in [-0.3, -0.25) is 10.1 Å². The van der Waals surface area contributed by atoms with Gasteiger partial charge in [0.05, 0.1) is 16.1 Å². The van der Waals surface area contributed by atoms with E-state index in [0.717, 1.165) is 16.6 Å². The zero-order valence-corrected chi connectivity index (χ0v) is 21.4. The van der Waals surface area contributed by atoms with Crippen LogP contribution in [0.15, 0.2) is 84.9 Å². The number of aliphatic carboxylic acids is 1. The number of urea groups is 1. The van der Waals surface area contributed by atoms with Gasteiger partial charge in [-0.05, 0) is 55.4 Å². The number of carbonyl (C=O) groups excluding carboxylic acids is 1. The first-order valence-corrected chi connectivity index (χ1v) is 13.7. The summed E-state index contributed by atoms with van der Waals surface area (Å²) in [5.41, 5.74) is 3.30. The number of thiazole rings is 1. The summed E-state index contributed by atoms with van der Waals surface area (Å²) in [6, 6.07) is 28.5. The summed E-state index contributed by atoms with van der Waals surface area (Å²) in [5, 5.41) is 13.1. The highest BCUT2D eigenvalue weighted by atomic mass is 32.1. The molecule has 2 amide bonds. The van der Waals surface area contributed by atoms with Gasteiger partial charge in [-0.2, -0.15) is 0 Å². The third kappa shape index (κ3) is 6.00. The minimum atomic E-state index is -0.739. The first kappa shape index (κ1) is 25.0. The number of carboxylic acids is 1. The number of fused-ring (bicyclic) bond motifs is 1. The maximum absolute atomic E-state index is 13.7. The van der Waals surface area contributed by atoms with Gasteiger partial charge in [0.15, 0.2) is 5.13 Å². The van der Waals surface area contributed by atoms with Gasteiger partial charge in [0.2, 0.25) is 0 Å². The molecule has 1 fully saturated rings. The number of para-hydroxylation sites is 1. The van der Waals surface area contributed by atoms with Gasteiger partial charge in [0, 0.05) is 18.5 Å². The standard InChI is InChI=1S/C30H31N3O3S/c34-28(35)23-15-17-24(18-16-23)33(30(36)32-29-31-26-13-7-8-14-27(26)37-29)20-19-25(21-9-3-1-4-10-21)22-11-5-2-6-12-22/h1-14,23-25H,15-20H2,(H,34,35)(H,31,32,36)/t23-,24-. The highest BCUT2D eigenvalue weighted by Crippen LogP contribution is 2.33. The zero-order valence-electron chi connectivity index (χ0n) is 20.6. The van der Waals surface area contributed by atoms with E-state index in [1.165, 1.54) is 22.5 Å². The molecule has 1 aliphatic rings. The first-order chi connectivity index (χ1) is 18.1. The lowest BCUT2D eigenvalue weighted by Crippen LogP contribution is -2.46. The van der Waals surface area contributed by atoms with E-state index in [9.17, 15) is 14.7 Å². The monoisotopic (exact) mass is 513 g/mol. The molecule has 5 rings (SSSR count). The molecule has 0 aliphatic heterocycles. The summed E-state index contributed by atoms with van der Waals surface area (Å²) >= 11 is 1.46. The van der Waals surface area contributed by atoms with Crippen LogP contribution >= 0.6 is 11.3 Å². The quantitative estimate of drug-likeness (QED) is 0.266. The zero-order chi connectivity index (χ0) is 25.6. The van der Waals surface area contributed by atoms with E-state index in [1.807, 2.05) is 41.3 Å². The lowest BCUT2D eigenvalue weighted by atomic mass is 9.84. The molecule has 0 radical (unpaired) electrons. The molecule has 7 heteroatoms. The third-order valence-electron chi connectivity index (χ3n) is 7.32. The van der Waals surface area contributed by atoms with Crippen molar-refractivity contribution in [2.24, 2.45) is 5.92 Å². The molecule has 0 bridgehead atoms. The molecule has 1 saturated carbocycles.